The van der Waals surface area contributed by atoms with E-state index in [1.165, 1.54) is 12.1 Å². The molecule has 0 aliphatic heterocycles. The molecule has 0 radical (unpaired) electrons. The van der Waals surface area contributed by atoms with E-state index in [0.29, 0.717) is 12.0 Å². The normalized spacial score (nSPS) is 12.7. The van der Waals surface area contributed by atoms with Crippen LogP contribution in [-0.2, 0) is 27.0 Å². The summed E-state index contributed by atoms with van der Waals surface area (Å²) >= 11 is 0. The molecule has 1 atom stereocenters. The molecule has 0 amide bonds. The molecular weight excluding hydrogens is 357 g/mol. The van der Waals surface area contributed by atoms with Gasteiger partial charge in [-0.3, -0.25) is 4.79 Å². The van der Waals surface area contributed by atoms with Crippen molar-refractivity contribution in [2.24, 2.45) is 0 Å². The van der Waals surface area contributed by atoms with Crippen LogP contribution in [0.3, 0.4) is 0 Å². The summed E-state index contributed by atoms with van der Waals surface area (Å²) in [5.74, 6) is -2.05. The van der Waals surface area contributed by atoms with Gasteiger partial charge in [-0.05, 0) is 37.0 Å². The van der Waals surface area contributed by atoms with Crippen molar-refractivity contribution in [3.63, 3.8) is 0 Å². The second-order valence-electron chi connectivity index (χ2n) is 6.29. The highest BCUT2D eigenvalue weighted by Gasteiger charge is 2.21. The number of carboxylic acids is 1. The Morgan fingerprint density at radius 3 is 2.50 bits per heavy atom. The van der Waals surface area contributed by atoms with Crippen LogP contribution in [0.25, 0.3) is 0 Å². The molecular formula is C19H22FNO4S. The lowest BCUT2D eigenvalue weighted by atomic mass is 10.0. The van der Waals surface area contributed by atoms with Crippen LogP contribution >= 0.6 is 0 Å². The number of nitrogens with one attached hydrogen (secondary N) is 1. The number of aliphatic carboxylic acids is 1. The molecule has 0 spiro atoms. The Bertz CT molecular complexity index is 853. The molecule has 1 unspecified atom stereocenters. The van der Waals surface area contributed by atoms with Crippen LogP contribution in [0.15, 0.2) is 48.5 Å². The molecule has 26 heavy (non-hydrogen) atoms. The molecule has 0 aliphatic carbocycles. The van der Waals surface area contributed by atoms with Gasteiger partial charge in [-0.25, -0.2) is 17.5 Å². The van der Waals surface area contributed by atoms with Crippen molar-refractivity contribution in [3.8, 4) is 0 Å². The first-order valence-electron chi connectivity index (χ1n) is 8.26. The standard InChI is InChI=1S/C19H22FNO4S/c1-14-7-8-16(18(20)11-14)13-26(24,25)21-17(9-10-19(22)23)12-15-5-3-2-4-6-15/h2-8,11,17,21H,9-10,12-13H2,1H3,(H,22,23). The molecule has 0 aliphatic rings. The van der Waals surface area contributed by atoms with Crippen LogP contribution in [0.4, 0.5) is 4.39 Å². The van der Waals surface area contributed by atoms with Gasteiger partial charge < -0.3 is 5.11 Å². The van der Waals surface area contributed by atoms with Crippen LogP contribution < -0.4 is 4.72 Å². The van der Waals surface area contributed by atoms with Gasteiger partial charge in [-0.2, -0.15) is 0 Å². The number of hydrogen-bond donors (Lipinski definition) is 2. The smallest absolute Gasteiger partial charge is 0.303 e. The van der Waals surface area contributed by atoms with Gasteiger partial charge >= 0.3 is 5.97 Å². The molecule has 5 nitrogen and oxygen atoms in total. The van der Waals surface area contributed by atoms with Crippen molar-refractivity contribution in [2.75, 3.05) is 0 Å². The largest absolute Gasteiger partial charge is 0.481 e. The minimum atomic E-state index is -3.82. The molecule has 0 bridgehead atoms. The van der Waals surface area contributed by atoms with Crippen molar-refractivity contribution in [1.82, 2.24) is 4.72 Å². The molecule has 0 saturated carbocycles. The van der Waals surface area contributed by atoms with E-state index in [1.54, 1.807) is 13.0 Å². The molecule has 0 fully saturated rings. The predicted molar refractivity (Wildman–Crippen MR) is 97.7 cm³/mol. The van der Waals surface area contributed by atoms with Gasteiger partial charge in [0.25, 0.3) is 0 Å². The SMILES string of the molecule is Cc1ccc(CS(=O)(=O)NC(CCC(=O)O)Cc2ccccc2)c(F)c1. The van der Waals surface area contributed by atoms with E-state index < -0.39 is 33.6 Å². The Labute approximate surface area is 152 Å². The van der Waals surface area contributed by atoms with Gasteiger partial charge in [0, 0.05) is 18.0 Å². The number of sulfonamides is 1. The lowest BCUT2D eigenvalue weighted by Gasteiger charge is -2.18. The molecule has 140 valence electrons. The fraction of sp³-hybridized carbons (Fsp3) is 0.316. The van der Waals surface area contributed by atoms with Crippen LogP contribution in [0.5, 0.6) is 0 Å². The summed E-state index contributed by atoms with van der Waals surface area (Å²) in [6.07, 6.45) is 0.364. The van der Waals surface area contributed by atoms with Crippen molar-refractivity contribution < 1.29 is 22.7 Å². The summed E-state index contributed by atoms with van der Waals surface area (Å²) in [5, 5.41) is 8.90. The zero-order valence-electron chi connectivity index (χ0n) is 14.5. The first kappa shape index (κ1) is 20.1. The minimum Gasteiger partial charge on any atom is -0.481 e. The third-order valence-corrected chi connectivity index (χ3v) is 5.32. The lowest BCUT2D eigenvalue weighted by Crippen LogP contribution is -2.37. The Kier molecular flexibility index (Phi) is 6.88. The van der Waals surface area contributed by atoms with E-state index in [4.69, 9.17) is 5.11 Å². The van der Waals surface area contributed by atoms with Crippen molar-refractivity contribution in [1.29, 1.82) is 0 Å². The van der Waals surface area contributed by atoms with Gasteiger partial charge in [-0.1, -0.05) is 42.5 Å². The summed E-state index contributed by atoms with van der Waals surface area (Å²) in [5.41, 5.74) is 1.69. The van der Waals surface area contributed by atoms with Crippen molar-refractivity contribution in [3.05, 3.63) is 71.0 Å². The average molecular weight is 379 g/mol. The van der Waals surface area contributed by atoms with Gasteiger partial charge in [0.05, 0.1) is 5.75 Å². The number of hydrogen-bond acceptors (Lipinski definition) is 3. The van der Waals surface area contributed by atoms with Crippen LogP contribution in [-0.4, -0.2) is 25.5 Å². The molecule has 2 rings (SSSR count). The van der Waals surface area contributed by atoms with Crippen molar-refractivity contribution in [2.45, 2.75) is 38.0 Å². The maximum atomic E-state index is 13.9. The number of halogens is 1. The maximum absolute atomic E-state index is 13.9. The fourth-order valence-corrected chi connectivity index (χ4v) is 4.10. The molecule has 0 aromatic heterocycles. The van der Waals surface area contributed by atoms with E-state index in [1.807, 2.05) is 30.3 Å². The number of rotatable bonds is 9. The van der Waals surface area contributed by atoms with Crippen molar-refractivity contribution >= 4 is 16.0 Å². The molecule has 2 N–H and O–H groups in total. The number of aryl methyl sites for hydroxylation is 1. The zero-order valence-corrected chi connectivity index (χ0v) is 15.3. The first-order valence-corrected chi connectivity index (χ1v) is 9.91. The molecule has 0 saturated heterocycles. The number of carbonyl (C=O) groups is 1. The predicted octanol–water partition coefficient (Wildman–Crippen LogP) is 3.03. The first-order chi connectivity index (χ1) is 12.2. The Hall–Kier alpha value is -2.25. The summed E-state index contributed by atoms with van der Waals surface area (Å²) in [6.45, 7) is 1.72. The molecule has 0 heterocycles. The van der Waals surface area contributed by atoms with E-state index in [0.717, 1.165) is 5.56 Å². The third-order valence-electron chi connectivity index (χ3n) is 3.93. The minimum absolute atomic E-state index is 0.0831. The third kappa shape index (κ3) is 6.57. The van der Waals surface area contributed by atoms with E-state index >= 15 is 0 Å². The van der Waals surface area contributed by atoms with Crippen LogP contribution in [0.1, 0.15) is 29.5 Å². The summed E-state index contributed by atoms with van der Waals surface area (Å²) in [7, 11) is -3.82. The van der Waals surface area contributed by atoms with Gasteiger partial charge in [0.15, 0.2) is 0 Å². The fourth-order valence-electron chi connectivity index (χ4n) is 2.67. The topological polar surface area (TPSA) is 83.5 Å². The second-order valence-corrected chi connectivity index (χ2v) is 8.04. The number of carboxylic acid groups (broad SMARTS) is 1. The average Bonchev–Trinajstić information content (AvgIpc) is 2.56. The van der Waals surface area contributed by atoms with Gasteiger partial charge in [0.2, 0.25) is 10.0 Å². The summed E-state index contributed by atoms with van der Waals surface area (Å²) in [4.78, 5) is 10.9. The summed E-state index contributed by atoms with van der Waals surface area (Å²) in [6, 6.07) is 13.0. The highest BCUT2D eigenvalue weighted by atomic mass is 32.2. The Balaban J connectivity index is 2.12. The summed E-state index contributed by atoms with van der Waals surface area (Å²) < 4.78 is 41.4. The molecule has 2 aromatic carbocycles. The Morgan fingerprint density at radius 2 is 1.88 bits per heavy atom. The van der Waals surface area contributed by atoms with Crippen LogP contribution in [0.2, 0.25) is 0 Å². The highest BCUT2D eigenvalue weighted by molar-refractivity contribution is 7.88. The van der Waals surface area contributed by atoms with E-state index in [-0.39, 0.29) is 18.4 Å². The lowest BCUT2D eigenvalue weighted by molar-refractivity contribution is -0.137. The highest BCUT2D eigenvalue weighted by Crippen LogP contribution is 2.15. The Morgan fingerprint density at radius 1 is 1.19 bits per heavy atom. The van der Waals surface area contributed by atoms with Gasteiger partial charge in [-0.15, -0.1) is 0 Å². The number of benzene rings is 2. The van der Waals surface area contributed by atoms with E-state index in [9.17, 15) is 17.6 Å². The molecule has 2 aromatic rings. The second kappa shape index (κ2) is 8.91. The zero-order chi connectivity index (χ0) is 19.2. The van der Waals surface area contributed by atoms with E-state index in [2.05, 4.69) is 4.72 Å². The quantitative estimate of drug-likeness (QED) is 0.701. The molecule has 7 heteroatoms. The van der Waals surface area contributed by atoms with Gasteiger partial charge in [0.1, 0.15) is 5.82 Å². The maximum Gasteiger partial charge on any atom is 0.303 e. The monoisotopic (exact) mass is 379 g/mol. The van der Waals surface area contributed by atoms with Crippen LogP contribution in [0, 0.1) is 12.7 Å².